The van der Waals surface area contributed by atoms with Crippen LogP contribution in [0, 0.1) is 0 Å². The number of hydrogen-bond acceptors (Lipinski definition) is 5. The summed E-state index contributed by atoms with van der Waals surface area (Å²) in [5.41, 5.74) is 0.652. The van der Waals surface area contributed by atoms with Crippen LogP contribution in [0.1, 0.15) is 32.9 Å². The number of carbonyl (C=O) groups is 1. The number of pyridine rings is 1. The topological polar surface area (TPSA) is 72.7 Å². The fourth-order valence-electron chi connectivity index (χ4n) is 3.29. The Balaban J connectivity index is 1.54. The molecule has 0 atom stereocenters. The average molecular weight is 484 g/mol. The molecule has 4 rings (SSSR count). The van der Waals surface area contributed by atoms with Gasteiger partial charge in [0.05, 0.1) is 24.2 Å². The monoisotopic (exact) mass is 483 g/mol. The van der Waals surface area contributed by atoms with Crippen LogP contribution in [-0.4, -0.2) is 25.7 Å². The van der Waals surface area contributed by atoms with Crippen molar-refractivity contribution >= 4 is 17.7 Å². The molecule has 2 aromatic heterocycles. The standard InChI is InChI=1S/C24H20F3N5OS/c25-24(26,27)20-9-5-4-8-19(20)22(33)29-14-21-30-31-23(34-16-18-10-12-28-13-11-18)32(21)15-17-6-2-1-3-7-17/h1-13H,14-16H2,(H,29,33). The second kappa shape index (κ2) is 10.5. The minimum absolute atomic E-state index is 0.0688. The maximum atomic E-state index is 13.3. The fourth-order valence-corrected chi connectivity index (χ4v) is 4.20. The SMILES string of the molecule is O=C(NCc1nnc(SCc2ccncc2)n1Cc1ccccc1)c1ccccc1C(F)(F)F. The van der Waals surface area contributed by atoms with E-state index in [1.807, 2.05) is 47.0 Å². The highest BCUT2D eigenvalue weighted by atomic mass is 32.2. The first kappa shape index (κ1) is 23.5. The van der Waals surface area contributed by atoms with Gasteiger partial charge >= 0.3 is 6.18 Å². The van der Waals surface area contributed by atoms with Gasteiger partial charge in [0, 0.05) is 18.1 Å². The molecule has 2 heterocycles. The van der Waals surface area contributed by atoms with Gasteiger partial charge in [-0.1, -0.05) is 54.2 Å². The number of halogens is 3. The molecule has 6 nitrogen and oxygen atoms in total. The van der Waals surface area contributed by atoms with Gasteiger partial charge < -0.3 is 9.88 Å². The molecule has 2 aromatic carbocycles. The Morgan fingerprint density at radius 1 is 0.912 bits per heavy atom. The molecule has 4 aromatic rings. The maximum absolute atomic E-state index is 13.3. The molecule has 0 unspecified atom stereocenters. The predicted octanol–water partition coefficient (Wildman–Crippen LogP) is 4.96. The third-order valence-electron chi connectivity index (χ3n) is 4.98. The van der Waals surface area contributed by atoms with Crippen LogP contribution in [0.25, 0.3) is 0 Å². The van der Waals surface area contributed by atoms with Crippen LogP contribution in [0.2, 0.25) is 0 Å². The zero-order valence-electron chi connectivity index (χ0n) is 17.9. The molecular weight excluding hydrogens is 463 g/mol. The molecule has 0 fully saturated rings. The number of thioether (sulfide) groups is 1. The molecule has 0 aliphatic carbocycles. The summed E-state index contributed by atoms with van der Waals surface area (Å²) in [5.74, 6) is 0.257. The molecule has 0 bridgehead atoms. The van der Waals surface area contributed by atoms with E-state index >= 15 is 0 Å². The third kappa shape index (κ3) is 5.82. The van der Waals surface area contributed by atoms with Crippen molar-refractivity contribution < 1.29 is 18.0 Å². The molecule has 1 amide bonds. The van der Waals surface area contributed by atoms with Crippen molar-refractivity contribution in [2.24, 2.45) is 0 Å². The van der Waals surface area contributed by atoms with Crippen molar-refractivity contribution in [1.82, 2.24) is 25.1 Å². The minimum atomic E-state index is -4.63. The number of benzene rings is 2. The van der Waals surface area contributed by atoms with Crippen molar-refractivity contribution in [2.75, 3.05) is 0 Å². The Bertz CT molecular complexity index is 1250. The number of nitrogens with zero attached hydrogens (tertiary/aromatic N) is 4. The molecule has 34 heavy (non-hydrogen) atoms. The zero-order valence-corrected chi connectivity index (χ0v) is 18.7. The highest BCUT2D eigenvalue weighted by Crippen LogP contribution is 2.31. The van der Waals surface area contributed by atoms with Crippen molar-refractivity contribution in [3.8, 4) is 0 Å². The summed E-state index contributed by atoms with van der Waals surface area (Å²) < 4.78 is 41.7. The molecule has 10 heteroatoms. The van der Waals surface area contributed by atoms with E-state index in [9.17, 15) is 18.0 Å². The highest BCUT2D eigenvalue weighted by Gasteiger charge is 2.34. The number of rotatable bonds is 8. The number of hydrogen-bond donors (Lipinski definition) is 1. The Morgan fingerprint density at radius 2 is 1.62 bits per heavy atom. The second-order valence-electron chi connectivity index (χ2n) is 7.34. The van der Waals surface area contributed by atoms with E-state index in [0.717, 1.165) is 23.3 Å². The van der Waals surface area contributed by atoms with Gasteiger partial charge in [-0.2, -0.15) is 13.2 Å². The third-order valence-corrected chi connectivity index (χ3v) is 6.02. The smallest absolute Gasteiger partial charge is 0.345 e. The van der Waals surface area contributed by atoms with Crippen molar-refractivity contribution in [3.63, 3.8) is 0 Å². The van der Waals surface area contributed by atoms with Crippen LogP contribution in [-0.2, 0) is 25.0 Å². The number of amides is 1. The van der Waals surface area contributed by atoms with Crippen LogP contribution >= 0.6 is 11.8 Å². The van der Waals surface area contributed by atoms with E-state index in [1.165, 1.54) is 23.9 Å². The summed E-state index contributed by atoms with van der Waals surface area (Å²) in [7, 11) is 0. The van der Waals surface area contributed by atoms with E-state index < -0.39 is 23.2 Å². The molecule has 0 aliphatic heterocycles. The van der Waals surface area contributed by atoms with Crippen LogP contribution in [0.3, 0.4) is 0 Å². The average Bonchev–Trinajstić information content (AvgIpc) is 3.23. The van der Waals surface area contributed by atoms with Gasteiger partial charge in [0.15, 0.2) is 11.0 Å². The lowest BCUT2D eigenvalue weighted by Gasteiger charge is -2.13. The molecule has 1 N–H and O–H groups in total. The Hall–Kier alpha value is -3.66. The van der Waals surface area contributed by atoms with Crippen LogP contribution in [0.5, 0.6) is 0 Å². The fraction of sp³-hybridized carbons (Fsp3) is 0.167. The van der Waals surface area contributed by atoms with E-state index in [-0.39, 0.29) is 6.54 Å². The molecule has 0 saturated carbocycles. The molecule has 0 radical (unpaired) electrons. The second-order valence-corrected chi connectivity index (χ2v) is 8.28. The van der Waals surface area contributed by atoms with Gasteiger partial charge in [-0.15, -0.1) is 10.2 Å². The number of alkyl halides is 3. The lowest BCUT2D eigenvalue weighted by atomic mass is 10.1. The van der Waals surface area contributed by atoms with Crippen LogP contribution in [0.15, 0.2) is 84.3 Å². The lowest BCUT2D eigenvalue weighted by molar-refractivity contribution is -0.137. The summed E-state index contributed by atoms with van der Waals surface area (Å²) in [6.45, 7) is 0.386. The van der Waals surface area contributed by atoms with E-state index in [0.29, 0.717) is 23.3 Å². The molecular formula is C24H20F3N5OS. The first-order chi connectivity index (χ1) is 16.4. The molecule has 0 aliphatic rings. The molecule has 174 valence electrons. The van der Waals surface area contributed by atoms with Crippen molar-refractivity contribution in [2.45, 2.75) is 30.2 Å². The largest absolute Gasteiger partial charge is 0.417 e. The summed E-state index contributed by atoms with van der Waals surface area (Å²) in [6.07, 6.45) is -1.20. The first-order valence-electron chi connectivity index (χ1n) is 10.3. The summed E-state index contributed by atoms with van der Waals surface area (Å²) in [6, 6.07) is 18.2. The van der Waals surface area contributed by atoms with Gasteiger partial charge in [0.25, 0.3) is 5.91 Å². The maximum Gasteiger partial charge on any atom is 0.417 e. The Labute approximate surface area is 198 Å². The van der Waals surface area contributed by atoms with Crippen molar-refractivity contribution in [1.29, 1.82) is 0 Å². The van der Waals surface area contributed by atoms with Crippen molar-refractivity contribution in [3.05, 3.63) is 107 Å². The van der Waals surface area contributed by atoms with Crippen LogP contribution in [0.4, 0.5) is 13.2 Å². The molecule has 0 saturated heterocycles. The van der Waals surface area contributed by atoms with Gasteiger partial charge in [0.1, 0.15) is 0 Å². The Kier molecular flexibility index (Phi) is 7.27. The Morgan fingerprint density at radius 3 is 2.35 bits per heavy atom. The van der Waals surface area contributed by atoms with E-state index in [1.54, 1.807) is 12.4 Å². The summed E-state index contributed by atoms with van der Waals surface area (Å²) >= 11 is 1.48. The number of carbonyl (C=O) groups excluding carboxylic acids is 1. The summed E-state index contributed by atoms with van der Waals surface area (Å²) in [5, 5.41) is 11.7. The van der Waals surface area contributed by atoms with Gasteiger partial charge in [-0.05, 0) is 35.4 Å². The highest BCUT2D eigenvalue weighted by molar-refractivity contribution is 7.98. The van der Waals surface area contributed by atoms with Gasteiger partial charge in [-0.25, -0.2) is 0 Å². The summed E-state index contributed by atoms with van der Waals surface area (Å²) in [4.78, 5) is 16.6. The lowest BCUT2D eigenvalue weighted by Crippen LogP contribution is -2.27. The van der Waals surface area contributed by atoms with E-state index in [2.05, 4.69) is 20.5 Å². The zero-order chi connectivity index (χ0) is 24.0. The van der Waals surface area contributed by atoms with Gasteiger partial charge in [-0.3, -0.25) is 9.78 Å². The van der Waals surface area contributed by atoms with Gasteiger partial charge in [0.2, 0.25) is 0 Å². The normalized spacial score (nSPS) is 11.4. The number of aromatic nitrogens is 4. The predicted molar refractivity (Wildman–Crippen MR) is 122 cm³/mol. The van der Waals surface area contributed by atoms with Crippen LogP contribution < -0.4 is 5.32 Å². The minimum Gasteiger partial charge on any atom is -0.345 e. The first-order valence-corrected chi connectivity index (χ1v) is 11.3. The quantitative estimate of drug-likeness (QED) is 0.359. The molecule has 0 spiro atoms. The number of nitrogens with one attached hydrogen (secondary N) is 1. The van der Waals surface area contributed by atoms with E-state index in [4.69, 9.17) is 0 Å².